The lowest BCUT2D eigenvalue weighted by atomic mass is 10.2. The Hall–Kier alpha value is -2.83. The second-order valence-corrected chi connectivity index (χ2v) is 6.02. The van der Waals surface area contributed by atoms with Crippen LogP contribution in [0.4, 0.5) is 10.5 Å². The van der Waals surface area contributed by atoms with Gasteiger partial charge in [-0.1, -0.05) is 41.4 Å². The van der Waals surface area contributed by atoms with E-state index in [-0.39, 0.29) is 6.01 Å². The number of nitrogens with zero attached hydrogens (tertiary/aromatic N) is 2. The zero-order valence-electron chi connectivity index (χ0n) is 13.6. The van der Waals surface area contributed by atoms with E-state index in [2.05, 4.69) is 15.3 Å². The van der Waals surface area contributed by atoms with Gasteiger partial charge in [0.05, 0.1) is 22.4 Å². The lowest BCUT2D eigenvalue weighted by molar-refractivity contribution is 0.211. The summed E-state index contributed by atoms with van der Waals surface area (Å²) in [6.07, 6.45) is 2.08. The molecule has 0 unspecified atom stereocenters. The van der Waals surface area contributed by atoms with Crippen LogP contribution in [0.3, 0.4) is 0 Å². The monoisotopic (exact) mass is 389 g/mol. The second kappa shape index (κ2) is 8.03. The zero-order chi connectivity index (χ0) is 18.5. The van der Waals surface area contributed by atoms with Crippen LogP contribution in [0.5, 0.6) is 17.5 Å². The van der Waals surface area contributed by atoms with Gasteiger partial charge in [-0.3, -0.25) is 5.32 Å². The Labute approximate surface area is 159 Å². The van der Waals surface area contributed by atoms with E-state index >= 15 is 0 Å². The normalized spacial score (nSPS) is 10.3. The van der Waals surface area contributed by atoms with Gasteiger partial charge in [-0.25, -0.2) is 4.79 Å². The summed E-state index contributed by atoms with van der Waals surface area (Å²) in [6, 6.07) is 12.1. The number of benzene rings is 2. The molecule has 1 N–H and O–H groups in total. The maximum Gasteiger partial charge on any atom is 0.419 e. The van der Waals surface area contributed by atoms with E-state index in [0.717, 1.165) is 5.56 Å². The van der Waals surface area contributed by atoms with Crippen LogP contribution >= 0.6 is 23.2 Å². The van der Waals surface area contributed by atoms with E-state index in [4.69, 9.17) is 32.7 Å². The minimum absolute atomic E-state index is 0.0995. The van der Waals surface area contributed by atoms with Gasteiger partial charge >= 0.3 is 12.1 Å². The summed E-state index contributed by atoms with van der Waals surface area (Å²) in [5.74, 6) is 0.837. The van der Waals surface area contributed by atoms with Crippen LogP contribution in [-0.2, 0) is 0 Å². The highest BCUT2D eigenvalue weighted by atomic mass is 35.5. The highest BCUT2D eigenvalue weighted by Crippen LogP contribution is 2.29. The third-order valence-corrected chi connectivity index (χ3v) is 4.04. The van der Waals surface area contributed by atoms with Gasteiger partial charge in [-0.15, -0.1) is 0 Å². The molecule has 0 aliphatic heterocycles. The van der Waals surface area contributed by atoms with Gasteiger partial charge < -0.3 is 9.47 Å². The smallest absolute Gasteiger partial charge is 0.419 e. The number of halogens is 2. The quantitative estimate of drug-likeness (QED) is 0.637. The Balaban J connectivity index is 1.61. The predicted molar refractivity (Wildman–Crippen MR) is 99.4 cm³/mol. The first-order valence-electron chi connectivity index (χ1n) is 7.50. The number of hydrogen-bond donors (Lipinski definition) is 1. The number of carbonyl (C=O) groups excluding carboxylic acids is 1. The van der Waals surface area contributed by atoms with E-state index in [1.807, 2.05) is 25.1 Å². The summed E-state index contributed by atoms with van der Waals surface area (Å²) >= 11 is 11.8. The first-order valence-corrected chi connectivity index (χ1v) is 8.26. The molecule has 0 fully saturated rings. The Kier molecular flexibility index (Phi) is 5.55. The van der Waals surface area contributed by atoms with Gasteiger partial charge in [0.1, 0.15) is 5.75 Å². The third kappa shape index (κ3) is 4.62. The number of aromatic nitrogens is 2. The molecule has 1 heterocycles. The van der Waals surface area contributed by atoms with Crippen LogP contribution in [0.25, 0.3) is 0 Å². The molecule has 1 amide bonds. The Bertz CT molecular complexity index is 933. The first-order chi connectivity index (χ1) is 12.5. The Morgan fingerprint density at radius 3 is 2.42 bits per heavy atom. The van der Waals surface area contributed by atoms with Crippen molar-refractivity contribution in [1.29, 1.82) is 0 Å². The molecular formula is C18H13Cl2N3O3. The van der Waals surface area contributed by atoms with Crippen LogP contribution in [0.1, 0.15) is 5.56 Å². The maximum atomic E-state index is 11.9. The Morgan fingerprint density at radius 1 is 1.00 bits per heavy atom. The molecule has 0 radical (unpaired) electrons. The highest BCUT2D eigenvalue weighted by Gasteiger charge is 2.09. The molecule has 0 saturated heterocycles. The molecule has 0 bridgehead atoms. The minimum atomic E-state index is -0.683. The number of nitrogens with one attached hydrogen (secondary N) is 1. The van der Waals surface area contributed by atoms with E-state index in [1.54, 1.807) is 24.3 Å². The summed E-state index contributed by atoms with van der Waals surface area (Å²) in [4.78, 5) is 19.8. The molecule has 0 aliphatic carbocycles. The van der Waals surface area contributed by atoms with Crippen LogP contribution in [0.15, 0.2) is 54.9 Å². The molecule has 8 heteroatoms. The summed E-state index contributed by atoms with van der Waals surface area (Å²) in [5, 5.41) is 3.43. The van der Waals surface area contributed by atoms with Crippen LogP contribution in [0.2, 0.25) is 10.0 Å². The number of ether oxygens (including phenoxy) is 2. The average molecular weight is 390 g/mol. The van der Waals surface area contributed by atoms with Crippen molar-refractivity contribution in [2.75, 3.05) is 5.32 Å². The molecule has 3 aromatic rings. The van der Waals surface area contributed by atoms with Crippen molar-refractivity contribution in [3.05, 3.63) is 70.5 Å². The number of para-hydroxylation sites is 1. The zero-order valence-corrected chi connectivity index (χ0v) is 15.1. The lowest BCUT2D eigenvalue weighted by Crippen LogP contribution is -2.18. The number of amides is 1. The molecule has 3 rings (SSSR count). The van der Waals surface area contributed by atoms with Crippen molar-refractivity contribution < 1.29 is 14.3 Å². The predicted octanol–water partition coefficient (Wildman–Crippen LogP) is 5.50. The maximum absolute atomic E-state index is 11.9. The van der Waals surface area contributed by atoms with Crippen molar-refractivity contribution in [3.63, 3.8) is 0 Å². The fourth-order valence-corrected chi connectivity index (χ4v) is 2.31. The SMILES string of the molecule is Cc1ccccc1NC(=O)Oc1ncc(Oc2ccc(Cl)c(Cl)c2)cn1. The molecule has 1 aromatic heterocycles. The van der Waals surface area contributed by atoms with E-state index in [9.17, 15) is 4.79 Å². The largest absolute Gasteiger partial charge is 0.454 e. The fraction of sp³-hybridized carbons (Fsp3) is 0.0556. The third-order valence-electron chi connectivity index (χ3n) is 3.30. The standard InChI is InChI=1S/C18H13Cl2N3O3/c1-11-4-2-3-5-16(11)23-18(24)26-17-21-9-13(10-22-17)25-12-6-7-14(19)15(20)8-12/h2-10H,1H3,(H,23,24). The summed E-state index contributed by atoms with van der Waals surface area (Å²) in [6.45, 7) is 1.88. The van der Waals surface area contributed by atoms with Gasteiger partial charge in [0.25, 0.3) is 0 Å². The van der Waals surface area contributed by atoms with Gasteiger partial charge in [0, 0.05) is 11.8 Å². The molecule has 132 valence electrons. The van der Waals surface area contributed by atoms with E-state index < -0.39 is 6.09 Å². The minimum Gasteiger partial charge on any atom is -0.454 e. The van der Waals surface area contributed by atoms with Crippen molar-refractivity contribution in [1.82, 2.24) is 9.97 Å². The second-order valence-electron chi connectivity index (χ2n) is 5.21. The topological polar surface area (TPSA) is 73.3 Å². The average Bonchev–Trinajstić information content (AvgIpc) is 2.62. The molecule has 6 nitrogen and oxygen atoms in total. The molecule has 0 aliphatic rings. The summed E-state index contributed by atoms with van der Waals surface area (Å²) in [5.41, 5.74) is 1.56. The number of rotatable bonds is 4. The van der Waals surface area contributed by atoms with E-state index in [0.29, 0.717) is 27.2 Å². The molecule has 0 saturated carbocycles. The van der Waals surface area contributed by atoms with Crippen molar-refractivity contribution in [2.24, 2.45) is 0 Å². The molecule has 0 atom stereocenters. The summed E-state index contributed by atoms with van der Waals surface area (Å²) < 4.78 is 10.6. The highest BCUT2D eigenvalue weighted by molar-refractivity contribution is 6.42. The first kappa shape index (κ1) is 18.0. The van der Waals surface area contributed by atoms with Gasteiger partial charge in [-0.2, -0.15) is 9.97 Å². The van der Waals surface area contributed by atoms with Crippen LogP contribution in [0, 0.1) is 6.92 Å². The molecule has 26 heavy (non-hydrogen) atoms. The number of anilines is 1. The van der Waals surface area contributed by atoms with Gasteiger partial charge in [-0.05, 0) is 30.7 Å². The van der Waals surface area contributed by atoms with E-state index in [1.165, 1.54) is 12.4 Å². The van der Waals surface area contributed by atoms with Crippen molar-refractivity contribution in [2.45, 2.75) is 6.92 Å². The van der Waals surface area contributed by atoms with Gasteiger partial charge in [0.2, 0.25) is 0 Å². The molecular weight excluding hydrogens is 377 g/mol. The van der Waals surface area contributed by atoms with Gasteiger partial charge in [0.15, 0.2) is 5.75 Å². The Morgan fingerprint density at radius 2 is 1.73 bits per heavy atom. The lowest BCUT2D eigenvalue weighted by Gasteiger charge is -2.08. The summed E-state index contributed by atoms with van der Waals surface area (Å²) in [7, 11) is 0. The fourth-order valence-electron chi connectivity index (χ4n) is 2.02. The van der Waals surface area contributed by atoms with Crippen LogP contribution in [-0.4, -0.2) is 16.1 Å². The number of carbonyl (C=O) groups is 1. The van der Waals surface area contributed by atoms with Crippen molar-refractivity contribution in [3.8, 4) is 17.5 Å². The molecule has 0 spiro atoms. The molecule has 2 aromatic carbocycles. The van der Waals surface area contributed by atoms with Crippen LogP contribution < -0.4 is 14.8 Å². The van der Waals surface area contributed by atoms with Crippen molar-refractivity contribution >= 4 is 35.0 Å². The number of aryl methyl sites for hydroxylation is 1. The number of hydrogen-bond acceptors (Lipinski definition) is 5.